The number of hydrogen-bond donors (Lipinski definition) is 1. The molecule has 4 rings (SSSR count). The van der Waals surface area contributed by atoms with Gasteiger partial charge in [-0.15, -0.1) is 0 Å². The highest BCUT2D eigenvalue weighted by Crippen LogP contribution is 2.23. The summed E-state index contributed by atoms with van der Waals surface area (Å²) in [6.45, 7) is -0.213. The highest BCUT2D eigenvalue weighted by atomic mass is 19.1. The number of carbonyl (C=O) groups is 1. The molecule has 156 valence electrons. The molecule has 0 unspecified atom stereocenters. The van der Waals surface area contributed by atoms with Crippen molar-refractivity contribution in [1.29, 1.82) is 0 Å². The molecule has 31 heavy (non-hydrogen) atoms. The molecule has 0 aliphatic rings. The number of fused-ring (bicyclic) bond motifs is 1. The van der Waals surface area contributed by atoms with Crippen molar-refractivity contribution in [2.75, 3.05) is 19.0 Å². The van der Waals surface area contributed by atoms with Gasteiger partial charge >= 0.3 is 0 Å². The van der Waals surface area contributed by atoms with Gasteiger partial charge in [0.15, 0.2) is 12.0 Å². The molecule has 3 aromatic carbocycles. The van der Waals surface area contributed by atoms with Crippen LogP contribution in [0.1, 0.15) is 0 Å². The minimum absolute atomic E-state index is 0.213. The zero-order valence-corrected chi connectivity index (χ0v) is 16.6. The molecule has 0 saturated heterocycles. The Morgan fingerprint density at radius 2 is 1.71 bits per heavy atom. The van der Waals surface area contributed by atoms with Crippen molar-refractivity contribution in [3.8, 4) is 22.6 Å². The zero-order chi connectivity index (χ0) is 21.8. The third-order valence-corrected chi connectivity index (χ3v) is 4.65. The summed E-state index contributed by atoms with van der Waals surface area (Å²) in [5.41, 5.74) is 1.60. The Hall–Kier alpha value is -4.13. The van der Waals surface area contributed by atoms with Gasteiger partial charge in [0.2, 0.25) is 0 Å². The lowest BCUT2D eigenvalue weighted by molar-refractivity contribution is -0.118. The summed E-state index contributed by atoms with van der Waals surface area (Å²) in [7, 11) is 1.57. The number of halogens is 1. The summed E-state index contributed by atoms with van der Waals surface area (Å²) < 4.78 is 29.3. The largest absolute Gasteiger partial charge is 0.497 e. The minimum atomic E-state index is -0.383. The van der Waals surface area contributed by atoms with E-state index in [0.29, 0.717) is 39.3 Å². The second kappa shape index (κ2) is 8.71. The Kier molecular flexibility index (Phi) is 5.66. The van der Waals surface area contributed by atoms with E-state index in [-0.39, 0.29) is 23.8 Å². The number of amides is 1. The second-order valence-corrected chi connectivity index (χ2v) is 6.71. The van der Waals surface area contributed by atoms with E-state index in [1.54, 1.807) is 49.6 Å². The number of hydrogen-bond acceptors (Lipinski definition) is 5. The maximum absolute atomic E-state index is 13.1. The Bertz CT molecular complexity index is 1280. The zero-order valence-electron chi connectivity index (χ0n) is 16.6. The number of carbonyl (C=O) groups excluding carboxylic acids is 1. The molecular formula is C24H18FNO5. The van der Waals surface area contributed by atoms with Gasteiger partial charge in [0.05, 0.1) is 18.1 Å². The number of methoxy groups -OCH3 is 1. The standard InChI is InChI=1S/C24H18FNO5/c1-29-18-8-6-17(7-9-18)26-23(27)14-30-19-10-11-20-22(12-19)31-13-21(24(20)28)15-2-4-16(25)5-3-15/h2-13H,14H2,1H3,(H,26,27). The molecule has 4 aromatic rings. The monoisotopic (exact) mass is 419 g/mol. The van der Waals surface area contributed by atoms with Gasteiger partial charge in [-0.1, -0.05) is 12.1 Å². The van der Waals surface area contributed by atoms with Gasteiger partial charge in [-0.2, -0.15) is 0 Å². The summed E-state index contributed by atoms with van der Waals surface area (Å²) in [6.07, 6.45) is 1.33. The van der Waals surface area contributed by atoms with Crippen LogP contribution in [-0.2, 0) is 4.79 Å². The first-order valence-electron chi connectivity index (χ1n) is 9.42. The van der Waals surface area contributed by atoms with E-state index >= 15 is 0 Å². The predicted octanol–water partition coefficient (Wildman–Crippen LogP) is 4.63. The highest BCUT2D eigenvalue weighted by Gasteiger charge is 2.11. The third kappa shape index (κ3) is 4.56. The molecule has 0 radical (unpaired) electrons. The first-order valence-corrected chi connectivity index (χ1v) is 9.42. The van der Waals surface area contributed by atoms with E-state index in [2.05, 4.69) is 5.32 Å². The molecule has 0 bridgehead atoms. The fraction of sp³-hybridized carbons (Fsp3) is 0.0833. The van der Waals surface area contributed by atoms with Crippen molar-refractivity contribution in [1.82, 2.24) is 0 Å². The van der Waals surface area contributed by atoms with E-state index < -0.39 is 0 Å². The predicted molar refractivity (Wildman–Crippen MR) is 115 cm³/mol. The van der Waals surface area contributed by atoms with Crippen LogP contribution in [0, 0.1) is 5.82 Å². The molecule has 6 nitrogen and oxygen atoms in total. The van der Waals surface area contributed by atoms with Crippen molar-refractivity contribution < 1.29 is 23.1 Å². The lowest BCUT2D eigenvalue weighted by Gasteiger charge is -2.09. The average molecular weight is 419 g/mol. The molecule has 0 atom stereocenters. The Morgan fingerprint density at radius 3 is 2.42 bits per heavy atom. The third-order valence-electron chi connectivity index (χ3n) is 4.65. The molecule has 0 saturated carbocycles. The van der Waals surface area contributed by atoms with Crippen LogP contribution in [0.2, 0.25) is 0 Å². The maximum Gasteiger partial charge on any atom is 0.262 e. The summed E-state index contributed by atoms with van der Waals surface area (Å²) in [5.74, 6) is 0.356. The molecule has 1 heterocycles. The van der Waals surface area contributed by atoms with Crippen LogP contribution < -0.4 is 20.2 Å². The molecule has 0 aliphatic carbocycles. The van der Waals surface area contributed by atoms with Crippen molar-refractivity contribution in [3.05, 3.63) is 89.0 Å². The smallest absolute Gasteiger partial charge is 0.262 e. The summed E-state index contributed by atoms with van der Waals surface area (Å²) in [6, 6.07) is 17.2. The molecular weight excluding hydrogens is 401 g/mol. The van der Waals surface area contributed by atoms with Crippen molar-refractivity contribution in [3.63, 3.8) is 0 Å². The average Bonchev–Trinajstić information content (AvgIpc) is 2.79. The van der Waals surface area contributed by atoms with Gasteiger partial charge in [0.25, 0.3) is 5.91 Å². The normalized spacial score (nSPS) is 10.6. The number of nitrogens with one attached hydrogen (secondary N) is 1. The first kappa shape index (κ1) is 20.2. The first-order chi connectivity index (χ1) is 15.0. The second-order valence-electron chi connectivity index (χ2n) is 6.71. The van der Waals surface area contributed by atoms with E-state index in [1.807, 2.05) is 0 Å². The molecule has 0 spiro atoms. The van der Waals surface area contributed by atoms with Crippen LogP contribution in [-0.4, -0.2) is 19.6 Å². The van der Waals surface area contributed by atoms with Gasteiger partial charge in [-0.25, -0.2) is 4.39 Å². The summed E-state index contributed by atoms with van der Waals surface area (Å²) in [4.78, 5) is 24.9. The van der Waals surface area contributed by atoms with Crippen LogP contribution in [0.15, 0.2) is 82.2 Å². The van der Waals surface area contributed by atoms with Gasteiger partial charge in [-0.3, -0.25) is 9.59 Å². The molecule has 1 aromatic heterocycles. The van der Waals surface area contributed by atoms with E-state index in [9.17, 15) is 14.0 Å². The number of rotatable bonds is 6. The molecule has 0 fully saturated rings. The van der Waals surface area contributed by atoms with Crippen molar-refractivity contribution >= 4 is 22.6 Å². The van der Waals surface area contributed by atoms with E-state index in [0.717, 1.165) is 0 Å². The lowest BCUT2D eigenvalue weighted by atomic mass is 10.1. The fourth-order valence-corrected chi connectivity index (χ4v) is 3.05. The SMILES string of the molecule is COc1ccc(NC(=O)COc2ccc3c(=O)c(-c4ccc(F)cc4)coc3c2)cc1. The molecule has 1 N–H and O–H groups in total. The van der Waals surface area contributed by atoms with Gasteiger partial charge in [0.1, 0.15) is 29.2 Å². The Balaban J connectivity index is 1.46. The summed E-state index contributed by atoms with van der Waals surface area (Å²) >= 11 is 0. The quantitative estimate of drug-likeness (QED) is 0.493. The van der Waals surface area contributed by atoms with E-state index in [4.69, 9.17) is 13.9 Å². The topological polar surface area (TPSA) is 77.8 Å². The molecule has 7 heteroatoms. The van der Waals surface area contributed by atoms with Crippen LogP contribution >= 0.6 is 0 Å². The Morgan fingerprint density at radius 1 is 1.00 bits per heavy atom. The number of anilines is 1. The highest BCUT2D eigenvalue weighted by molar-refractivity contribution is 5.92. The van der Waals surface area contributed by atoms with E-state index in [1.165, 1.54) is 30.5 Å². The van der Waals surface area contributed by atoms with Crippen LogP contribution in [0.4, 0.5) is 10.1 Å². The molecule has 0 aliphatic heterocycles. The summed E-state index contributed by atoms with van der Waals surface area (Å²) in [5, 5.41) is 3.08. The number of ether oxygens (including phenoxy) is 2. The maximum atomic E-state index is 13.1. The van der Waals surface area contributed by atoms with Gasteiger partial charge < -0.3 is 19.2 Å². The minimum Gasteiger partial charge on any atom is -0.497 e. The number of benzene rings is 3. The van der Waals surface area contributed by atoms with Crippen molar-refractivity contribution in [2.24, 2.45) is 0 Å². The Labute approximate surface area is 176 Å². The van der Waals surface area contributed by atoms with Crippen LogP contribution in [0.5, 0.6) is 11.5 Å². The van der Waals surface area contributed by atoms with Crippen molar-refractivity contribution in [2.45, 2.75) is 0 Å². The van der Waals surface area contributed by atoms with Gasteiger partial charge in [-0.05, 0) is 54.1 Å². The molecule has 1 amide bonds. The van der Waals surface area contributed by atoms with Crippen LogP contribution in [0.3, 0.4) is 0 Å². The van der Waals surface area contributed by atoms with Gasteiger partial charge in [0, 0.05) is 11.8 Å². The lowest BCUT2D eigenvalue weighted by Crippen LogP contribution is -2.20. The fourth-order valence-electron chi connectivity index (χ4n) is 3.05. The van der Waals surface area contributed by atoms with Crippen LogP contribution in [0.25, 0.3) is 22.1 Å².